The third-order valence-electron chi connectivity index (χ3n) is 2.73. The van der Waals surface area contributed by atoms with Gasteiger partial charge in [-0.05, 0) is 58.3 Å². The highest BCUT2D eigenvalue weighted by Crippen LogP contribution is 2.37. The quantitative estimate of drug-likeness (QED) is 0.616. The minimum Gasteiger partial charge on any atom is -0.493 e. The number of amides is 1. The Hall–Kier alpha value is -1.60. The van der Waals surface area contributed by atoms with E-state index in [0.717, 1.165) is 16.5 Å². The summed E-state index contributed by atoms with van der Waals surface area (Å²) in [6.07, 6.45) is 2.61. The summed E-state index contributed by atoms with van der Waals surface area (Å²) < 4.78 is 11.8. The molecule has 7 heteroatoms. The summed E-state index contributed by atoms with van der Waals surface area (Å²) in [6, 6.07) is 3.66. The molecule has 5 nitrogen and oxygen atoms in total. The molecule has 1 aliphatic rings. The molecule has 1 fully saturated rings. The summed E-state index contributed by atoms with van der Waals surface area (Å²) in [5.41, 5.74) is 1.20. The Morgan fingerprint density at radius 2 is 2.14 bits per heavy atom. The Bertz CT molecular complexity index is 616. The first-order valence-electron chi connectivity index (χ1n) is 6.39. The number of halogens is 1. The molecule has 0 aromatic heterocycles. The number of nitrogens with one attached hydrogen (secondary N) is 2. The van der Waals surface area contributed by atoms with Gasteiger partial charge in [-0.25, -0.2) is 0 Å². The Morgan fingerprint density at radius 3 is 2.71 bits per heavy atom. The number of methoxy groups -OCH3 is 1. The molecule has 1 saturated heterocycles. The van der Waals surface area contributed by atoms with E-state index >= 15 is 0 Å². The highest BCUT2D eigenvalue weighted by atomic mass is 79.9. The Balaban J connectivity index is 2.34. The van der Waals surface area contributed by atoms with Gasteiger partial charge in [0.1, 0.15) is 5.70 Å². The largest absolute Gasteiger partial charge is 0.493 e. The topological polar surface area (TPSA) is 59.6 Å². The molecule has 0 aliphatic carbocycles. The fourth-order valence-corrected chi connectivity index (χ4v) is 2.59. The van der Waals surface area contributed by atoms with E-state index in [1.54, 1.807) is 19.3 Å². The number of rotatable bonds is 5. The number of carbonyl (C=O) groups is 1. The molecule has 0 spiro atoms. The van der Waals surface area contributed by atoms with Crippen LogP contribution in [0, 0.1) is 0 Å². The molecule has 1 aliphatic heterocycles. The van der Waals surface area contributed by atoms with Crippen molar-refractivity contribution >= 4 is 45.2 Å². The van der Waals surface area contributed by atoms with Crippen molar-refractivity contribution in [2.75, 3.05) is 13.7 Å². The summed E-state index contributed by atoms with van der Waals surface area (Å²) in [7, 11) is 1.58. The Labute approximate surface area is 136 Å². The van der Waals surface area contributed by atoms with Gasteiger partial charge in [-0.2, -0.15) is 0 Å². The number of hydrogen-bond donors (Lipinski definition) is 2. The molecule has 21 heavy (non-hydrogen) atoms. The van der Waals surface area contributed by atoms with E-state index in [0.29, 0.717) is 28.9 Å². The molecule has 2 rings (SSSR count). The predicted molar refractivity (Wildman–Crippen MR) is 88.3 cm³/mol. The van der Waals surface area contributed by atoms with Crippen LogP contribution >= 0.6 is 28.1 Å². The van der Waals surface area contributed by atoms with Gasteiger partial charge in [0.25, 0.3) is 5.91 Å². The second-order valence-electron chi connectivity index (χ2n) is 4.35. The SMILES string of the molecule is CCCOc1c(Br)cc(C=C2NC(=S)NC2=O)cc1OC. The van der Waals surface area contributed by atoms with Crippen LogP contribution in [0.3, 0.4) is 0 Å². The fourth-order valence-electron chi connectivity index (χ4n) is 1.82. The van der Waals surface area contributed by atoms with Gasteiger partial charge in [0.15, 0.2) is 16.6 Å². The zero-order valence-corrected chi connectivity index (χ0v) is 14.1. The van der Waals surface area contributed by atoms with Gasteiger partial charge in [0.2, 0.25) is 0 Å². The average molecular weight is 371 g/mol. The van der Waals surface area contributed by atoms with Crippen LogP contribution in [0.4, 0.5) is 0 Å². The monoisotopic (exact) mass is 370 g/mol. The molecule has 1 heterocycles. The normalized spacial score (nSPS) is 15.9. The van der Waals surface area contributed by atoms with Crippen molar-refractivity contribution < 1.29 is 14.3 Å². The van der Waals surface area contributed by atoms with Crippen molar-refractivity contribution in [2.24, 2.45) is 0 Å². The highest BCUT2D eigenvalue weighted by molar-refractivity contribution is 9.10. The first-order valence-corrected chi connectivity index (χ1v) is 7.59. The molecule has 0 radical (unpaired) electrons. The van der Waals surface area contributed by atoms with E-state index in [1.165, 1.54) is 0 Å². The van der Waals surface area contributed by atoms with E-state index in [1.807, 2.05) is 13.0 Å². The zero-order chi connectivity index (χ0) is 15.4. The predicted octanol–water partition coefficient (Wildman–Crippen LogP) is 2.59. The highest BCUT2D eigenvalue weighted by Gasteiger charge is 2.20. The first-order chi connectivity index (χ1) is 10.0. The number of thiocarbonyl (C=S) groups is 1. The summed E-state index contributed by atoms with van der Waals surface area (Å²) in [6.45, 7) is 2.64. The van der Waals surface area contributed by atoms with Crippen LogP contribution in [0.15, 0.2) is 22.3 Å². The molecule has 1 aromatic carbocycles. The number of carbonyl (C=O) groups excluding carboxylic acids is 1. The van der Waals surface area contributed by atoms with Crippen LogP contribution in [0.1, 0.15) is 18.9 Å². The lowest BCUT2D eigenvalue weighted by molar-refractivity contribution is -0.115. The maximum atomic E-state index is 11.6. The lowest BCUT2D eigenvalue weighted by Crippen LogP contribution is -2.21. The molecule has 0 atom stereocenters. The first kappa shape index (κ1) is 15.8. The average Bonchev–Trinajstić information content (AvgIpc) is 2.75. The van der Waals surface area contributed by atoms with Crippen LogP contribution in [-0.2, 0) is 4.79 Å². The second-order valence-corrected chi connectivity index (χ2v) is 5.61. The third-order valence-corrected chi connectivity index (χ3v) is 3.53. The van der Waals surface area contributed by atoms with Crippen LogP contribution in [0.25, 0.3) is 6.08 Å². The number of benzene rings is 1. The maximum Gasteiger partial charge on any atom is 0.273 e. The summed E-state index contributed by atoms with van der Waals surface area (Å²) in [5, 5.41) is 5.62. The molecular formula is C14H15BrN2O3S. The van der Waals surface area contributed by atoms with Gasteiger partial charge < -0.3 is 14.8 Å². The molecule has 2 N–H and O–H groups in total. The van der Waals surface area contributed by atoms with Crippen molar-refractivity contribution in [3.8, 4) is 11.5 Å². The third kappa shape index (κ3) is 3.74. The lowest BCUT2D eigenvalue weighted by Gasteiger charge is -2.13. The molecule has 0 saturated carbocycles. The number of ether oxygens (including phenoxy) is 2. The summed E-state index contributed by atoms with van der Waals surface area (Å²) in [4.78, 5) is 11.6. The van der Waals surface area contributed by atoms with Crippen LogP contribution in [0.5, 0.6) is 11.5 Å². The van der Waals surface area contributed by atoms with E-state index < -0.39 is 0 Å². The molecule has 0 unspecified atom stereocenters. The van der Waals surface area contributed by atoms with Gasteiger partial charge in [-0.1, -0.05) is 6.92 Å². The van der Waals surface area contributed by atoms with Crippen molar-refractivity contribution in [2.45, 2.75) is 13.3 Å². The Kier molecular flexibility index (Phi) is 5.19. The lowest BCUT2D eigenvalue weighted by atomic mass is 10.1. The molecule has 1 aromatic rings. The minimum absolute atomic E-state index is 0.249. The van der Waals surface area contributed by atoms with Gasteiger partial charge in [-0.15, -0.1) is 0 Å². The van der Waals surface area contributed by atoms with E-state index in [9.17, 15) is 4.79 Å². The van der Waals surface area contributed by atoms with Crippen LogP contribution in [-0.4, -0.2) is 24.7 Å². The number of hydrogen-bond acceptors (Lipinski definition) is 4. The molecule has 1 amide bonds. The van der Waals surface area contributed by atoms with Crippen molar-refractivity contribution in [1.29, 1.82) is 0 Å². The van der Waals surface area contributed by atoms with Gasteiger partial charge in [-0.3, -0.25) is 10.1 Å². The second kappa shape index (κ2) is 6.91. The summed E-state index contributed by atoms with van der Waals surface area (Å²) >= 11 is 8.36. The van der Waals surface area contributed by atoms with E-state index in [4.69, 9.17) is 21.7 Å². The minimum atomic E-state index is -0.249. The smallest absolute Gasteiger partial charge is 0.273 e. The molecule has 112 valence electrons. The summed E-state index contributed by atoms with van der Waals surface area (Å²) in [5.74, 6) is 1.01. The molecule has 0 bridgehead atoms. The van der Waals surface area contributed by atoms with Crippen molar-refractivity contribution in [3.63, 3.8) is 0 Å². The van der Waals surface area contributed by atoms with Crippen LogP contribution < -0.4 is 20.1 Å². The van der Waals surface area contributed by atoms with Crippen molar-refractivity contribution in [1.82, 2.24) is 10.6 Å². The maximum absolute atomic E-state index is 11.6. The Morgan fingerprint density at radius 1 is 1.38 bits per heavy atom. The zero-order valence-electron chi connectivity index (χ0n) is 11.7. The van der Waals surface area contributed by atoms with E-state index in [-0.39, 0.29) is 5.91 Å². The fraction of sp³-hybridized carbons (Fsp3) is 0.286. The van der Waals surface area contributed by atoms with Crippen LogP contribution in [0.2, 0.25) is 0 Å². The van der Waals surface area contributed by atoms with E-state index in [2.05, 4.69) is 26.6 Å². The van der Waals surface area contributed by atoms with Gasteiger partial charge in [0, 0.05) is 0 Å². The standard InChI is InChI=1S/C14H15BrN2O3S/c1-3-4-20-12-9(15)5-8(7-11(12)19-2)6-10-13(18)17-14(21)16-10/h5-7H,3-4H2,1-2H3,(H2,16,17,18,21). The van der Waals surface area contributed by atoms with Gasteiger partial charge in [0.05, 0.1) is 18.2 Å². The molecular weight excluding hydrogens is 356 g/mol. The van der Waals surface area contributed by atoms with Gasteiger partial charge >= 0.3 is 0 Å². The van der Waals surface area contributed by atoms with Crippen molar-refractivity contribution in [3.05, 3.63) is 27.9 Å².